The van der Waals surface area contributed by atoms with Crippen LogP contribution >= 0.6 is 35.3 Å². The number of hydrogen-bond acceptors (Lipinski definition) is 3. The van der Waals surface area contributed by atoms with Crippen LogP contribution in [-0.4, -0.2) is 37.6 Å². The molecular weight excluding hydrogens is 421 g/mol. The highest BCUT2D eigenvalue weighted by molar-refractivity contribution is 14.0. The highest BCUT2D eigenvalue weighted by Gasteiger charge is 2.05. The minimum atomic E-state index is 0. The second kappa shape index (κ2) is 11.3. The molecule has 0 atom stereocenters. The molecule has 4 nitrogen and oxygen atoms in total. The van der Waals surface area contributed by atoms with E-state index >= 15 is 0 Å². The van der Waals surface area contributed by atoms with Gasteiger partial charge in [0.15, 0.2) is 5.96 Å². The number of nitrogens with zero attached hydrogens (tertiary/aromatic N) is 2. The van der Waals surface area contributed by atoms with E-state index in [4.69, 9.17) is 4.74 Å². The molecule has 2 rings (SSSR count). The molecule has 1 aromatic heterocycles. The summed E-state index contributed by atoms with van der Waals surface area (Å²) >= 11 is 1.70. The van der Waals surface area contributed by atoms with Crippen molar-refractivity contribution in [2.45, 2.75) is 13.5 Å². The Hall–Kier alpha value is -1.28. The van der Waals surface area contributed by atoms with Crippen LogP contribution in [0.15, 0.2) is 52.2 Å². The summed E-state index contributed by atoms with van der Waals surface area (Å²) in [5.74, 6) is 1.81. The summed E-state index contributed by atoms with van der Waals surface area (Å²) in [6.07, 6.45) is 0. The molecule has 1 N–H and O–H groups in total. The first-order valence-electron chi connectivity index (χ1n) is 7.48. The lowest BCUT2D eigenvalue weighted by molar-refractivity contribution is 0.281. The molecule has 0 bridgehead atoms. The molecule has 0 fully saturated rings. The topological polar surface area (TPSA) is 36.9 Å². The zero-order valence-corrected chi connectivity index (χ0v) is 16.7. The van der Waals surface area contributed by atoms with Gasteiger partial charge in [0.1, 0.15) is 12.4 Å². The van der Waals surface area contributed by atoms with Gasteiger partial charge in [0, 0.05) is 13.6 Å². The number of thiophene rings is 1. The molecule has 0 unspecified atom stereocenters. The third kappa shape index (κ3) is 7.22. The molecule has 0 amide bonds. The van der Waals surface area contributed by atoms with Crippen molar-refractivity contribution in [1.29, 1.82) is 0 Å². The average molecular weight is 445 g/mol. The Kier molecular flexibility index (Phi) is 9.70. The van der Waals surface area contributed by atoms with Crippen molar-refractivity contribution in [3.63, 3.8) is 0 Å². The SMILES string of the molecule is CCNC(=NCc1ccsc1)N(C)CCOc1ccccc1.I. The molecule has 0 saturated carbocycles. The van der Waals surface area contributed by atoms with Crippen LogP contribution in [0.25, 0.3) is 0 Å². The Bertz CT molecular complexity index is 560. The van der Waals surface area contributed by atoms with E-state index in [1.807, 2.05) is 37.4 Å². The maximum Gasteiger partial charge on any atom is 0.194 e. The van der Waals surface area contributed by atoms with Gasteiger partial charge in [0.2, 0.25) is 0 Å². The Morgan fingerprint density at radius 3 is 2.70 bits per heavy atom. The van der Waals surface area contributed by atoms with E-state index in [0.29, 0.717) is 13.2 Å². The number of benzene rings is 1. The first-order chi connectivity index (χ1) is 10.8. The van der Waals surface area contributed by atoms with Crippen LogP contribution < -0.4 is 10.1 Å². The van der Waals surface area contributed by atoms with Gasteiger partial charge in [-0.25, -0.2) is 4.99 Å². The van der Waals surface area contributed by atoms with Crippen LogP contribution in [0.1, 0.15) is 12.5 Å². The molecule has 1 aromatic carbocycles. The predicted octanol–water partition coefficient (Wildman–Crippen LogP) is 3.84. The quantitative estimate of drug-likeness (QED) is 0.400. The van der Waals surface area contributed by atoms with Gasteiger partial charge in [-0.15, -0.1) is 24.0 Å². The summed E-state index contributed by atoms with van der Waals surface area (Å²) in [5.41, 5.74) is 1.24. The fourth-order valence-corrected chi connectivity index (χ4v) is 2.60. The zero-order valence-electron chi connectivity index (χ0n) is 13.6. The molecule has 23 heavy (non-hydrogen) atoms. The van der Waals surface area contributed by atoms with Crippen molar-refractivity contribution in [1.82, 2.24) is 10.2 Å². The molecule has 2 aromatic rings. The molecule has 0 aliphatic heterocycles. The largest absolute Gasteiger partial charge is 0.492 e. The minimum Gasteiger partial charge on any atom is -0.492 e. The van der Waals surface area contributed by atoms with Crippen LogP contribution in [0.5, 0.6) is 5.75 Å². The normalized spacial score (nSPS) is 10.8. The fourth-order valence-electron chi connectivity index (χ4n) is 1.94. The number of ether oxygens (including phenoxy) is 1. The van der Waals surface area contributed by atoms with Crippen molar-refractivity contribution < 1.29 is 4.74 Å². The number of rotatable bonds is 7. The fraction of sp³-hybridized carbons (Fsp3) is 0.353. The molecule has 6 heteroatoms. The predicted molar refractivity (Wildman–Crippen MR) is 109 cm³/mol. The van der Waals surface area contributed by atoms with Crippen molar-refractivity contribution in [3.05, 3.63) is 52.7 Å². The van der Waals surface area contributed by atoms with Crippen LogP contribution in [0.4, 0.5) is 0 Å². The lowest BCUT2D eigenvalue weighted by Gasteiger charge is -2.22. The summed E-state index contributed by atoms with van der Waals surface area (Å²) in [7, 11) is 2.03. The summed E-state index contributed by atoms with van der Waals surface area (Å²) < 4.78 is 5.73. The standard InChI is InChI=1S/C17H23N3OS.HI/c1-3-18-17(19-13-15-9-12-22-14-15)20(2)10-11-21-16-7-5-4-6-8-16;/h4-9,12,14H,3,10-11,13H2,1-2H3,(H,18,19);1H. The molecule has 0 aliphatic rings. The summed E-state index contributed by atoms with van der Waals surface area (Å²) in [6, 6.07) is 12.0. The van der Waals surface area contributed by atoms with Crippen molar-refractivity contribution >= 4 is 41.3 Å². The van der Waals surface area contributed by atoms with Crippen LogP contribution in [0.3, 0.4) is 0 Å². The number of hydrogen-bond donors (Lipinski definition) is 1. The van der Waals surface area contributed by atoms with E-state index in [2.05, 4.69) is 39.0 Å². The lowest BCUT2D eigenvalue weighted by atomic mass is 10.3. The van der Waals surface area contributed by atoms with E-state index in [-0.39, 0.29) is 24.0 Å². The Morgan fingerprint density at radius 1 is 1.26 bits per heavy atom. The molecule has 0 saturated heterocycles. The van der Waals surface area contributed by atoms with Crippen molar-refractivity contribution in [2.75, 3.05) is 26.7 Å². The highest BCUT2D eigenvalue weighted by atomic mass is 127. The molecule has 0 radical (unpaired) electrons. The minimum absolute atomic E-state index is 0. The van der Waals surface area contributed by atoms with Gasteiger partial charge in [-0.1, -0.05) is 18.2 Å². The van der Waals surface area contributed by atoms with Gasteiger partial charge in [-0.05, 0) is 41.4 Å². The maximum absolute atomic E-state index is 5.73. The number of halogens is 1. The third-order valence-electron chi connectivity index (χ3n) is 3.13. The summed E-state index contributed by atoms with van der Waals surface area (Å²) in [6.45, 7) is 5.05. The van der Waals surface area contributed by atoms with Crippen LogP contribution in [-0.2, 0) is 6.54 Å². The molecular formula is C17H24IN3OS. The second-order valence-corrected chi connectivity index (χ2v) is 5.66. The molecule has 0 aliphatic carbocycles. The van der Waals surface area contributed by atoms with Gasteiger partial charge in [0.05, 0.1) is 13.1 Å². The second-order valence-electron chi connectivity index (χ2n) is 4.88. The van der Waals surface area contributed by atoms with Crippen LogP contribution in [0, 0.1) is 0 Å². The number of nitrogens with one attached hydrogen (secondary N) is 1. The van der Waals surface area contributed by atoms with E-state index in [0.717, 1.165) is 24.8 Å². The Balaban J connectivity index is 0.00000264. The first-order valence-corrected chi connectivity index (χ1v) is 8.42. The van der Waals surface area contributed by atoms with E-state index in [9.17, 15) is 0 Å². The number of aliphatic imine (C=N–C) groups is 1. The maximum atomic E-state index is 5.73. The molecule has 0 spiro atoms. The first kappa shape index (κ1) is 19.8. The van der Waals surface area contributed by atoms with Crippen molar-refractivity contribution in [3.8, 4) is 5.75 Å². The monoisotopic (exact) mass is 445 g/mol. The van der Waals surface area contributed by atoms with Gasteiger partial charge < -0.3 is 15.0 Å². The van der Waals surface area contributed by atoms with Gasteiger partial charge in [-0.2, -0.15) is 11.3 Å². The number of para-hydroxylation sites is 1. The van der Waals surface area contributed by atoms with E-state index < -0.39 is 0 Å². The summed E-state index contributed by atoms with van der Waals surface area (Å²) in [5, 5.41) is 7.53. The number of likely N-dealkylation sites (N-methyl/N-ethyl adjacent to an activating group) is 1. The highest BCUT2D eigenvalue weighted by Crippen LogP contribution is 2.09. The van der Waals surface area contributed by atoms with E-state index in [1.165, 1.54) is 5.56 Å². The van der Waals surface area contributed by atoms with Crippen molar-refractivity contribution in [2.24, 2.45) is 4.99 Å². The lowest BCUT2D eigenvalue weighted by Crippen LogP contribution is -2.40. The Labute approximate surface area is 159 Å². The third-order valence-corrected chi connectivity index (χ3v) is 3.86. The van der Waals surface area contributed by atoms with Gasteiger partial charge in [-0.3, -0.25) is 0 Å². The zero-order chi connectivity index (χ0) is 15.6. The van der Waals surface area contributed by atoms with E-state index in [1.54, 1.807) is 11.3 Å². The van der Waals surface area contributed by atoms with Gasteiger partial charge >= 0.3 is 0 Å². The van der Waals surface area contributed by atoms with Gasteiger partial charge in [0.25, 0.3) is 0 Å². The van der Waals surface area contributed by atoms with Crippen LogP contribution in [0.2, 0.25) is 0 Å². The molecule has 126 valence electrons. The Morgan fingerprint density at radius 2 is 2.04 bits per heavy atom. The average Bonchev–Trinajstić information content (AvgIpc) is 3.05. The summed E-state index contributed by atoms with van der Waals surface area (Å²) in [4.78, 5) is 6.76. The number of guanidine groups is 1. The smallest absolute Gasteiger partial charge is 0.194 e. The molecule has 1 heterocycles.